The molecule has 0 radical (unpaired) electrons. The third kappa shape index (κ3) is 3.56. The van der Waals surface area contributed by atoms with Crippen molar-refractivity contribution in [2.24, 2.45) is 11.7 Å². The SMILES string of the molecule is NC(=O)C1CCN(C(=O)COc2ccccc2-c2ccccc2)C1. The molecule has 1 aliphatic rings. The highest BCUT2D eigenvalue weighted by Crippen LogP contribution is 2.29. The number of carbonyl (C=O) groups excluding carboxylic acids is 2. The lowest BCUT2D eigenvalue weighted by atomic mass is 10.1. The van der Waals surface area contributed by atoms with E-state index in [-0.39, 0.29) is 24.3 Å². The van der Waals surface area contributed by atoms with Crippen LogP contribution in [0.4, 0.5) is 0 Å². The van der Waals surface area contributed by atoms with Crippen molar-refractivity contribution >= 4 is 11.8 Å². The minimum absolute atomic E-state index is 0.0463. The van der Waals surface area contributed by atoms with Crippen LogP contribution >= 0.6 is 0 Å². The molecule has 2 aromatic carbocycles. The van der Waals surface area contributed by atoms with Crippen molar-refractivity contribution < 1.29 is 14.3 Å². The van der Waals surface area contributed by atoms with E-state index in [4.69, 9.17) is 10.5 Å². The highest BCUT2D eigenvalue weighted by Gasteiger charge is 2.29. The Morgan fingerprint density at radius 3 is 2.50 bits per heavy atom. The Morgan fingerprint density at radius 2 is 1.79 bits per heavy atom. The van der Waals surface area contributed by atoms with E-state index in [0.717, 1.165) is 11.1 Å². The van der Waals surface area contributed by atoms with E-state index in [1.165, 1.54) is 0 Å². The second-order valence-corrected chi connectivity index (χ2v) is 5.88. The van der Waals surface area contributed by atoms with Crippen molar-refractivity contribution in [2.75, 3.05) is 19.7 Å². The fourth-order valence-electron chi connectivity index (χ4n) is 2.90. The van der Waals surface area contributed by atoms with Crippen LogP contribution in [-0.2, 0) is 9.59 Å². The summed E-state index contributed by atoms with van der Waals surface area (Å²) in [6, 6.07) is 17.5. The highest BCUT2D eigenvalue weighted by molar-refractivity contribution is 5.82. The number of para-hydroxylation sites is 1. The van der Waals surface area contributed by atoms with E-state index in [9.17, 15) is 9.59 Å². The van der Waals surface area contributed by atoms with Crippen molar-refractivity contribution in [3.05, 3.63) is 54.6 Å². The number of primary amides is 1. The Morgan fingerprint density at radius 1 is 1.08 bits per heavy atom. The Hall–Kier alpha value is -2.82. The number of hydrogen-bond donors (Lipinski definition) is 1. The Kier molecular flexibility index (Phi) is 4.79. The van der Waals surface area contributed by atoms with Crippen LogP contribution in [0.2, 0.25) is 0 Å². The Balaban J connectivity index is 1.65. The molecule has 124 valence electrons. The number of nitrogens with zero attached hydrogens (tertiary/aromatic N) is 1. The molecule has 2 amide bonds. The summed E-state index contributed by atoms with van der Waals surface area (Å²) in [6.07, 6.45) is 0.627. The van der Waals surface area contributed by atoms with Gasteiger partial charge in [0.05, 0.1) is 5.92 Å². The van der Waals surface area contributed by atoms with Crippen LogP contribution in [0.25, 0.3) is 11.1 Å². The van der Waals surface area contributed by atoms with E-state index in [0.29, 0.717) is 25.3 Å². The van der Waals surface area contributed by atoms with Gasteiger partial charge in [0.1, 0.15) is 5.75 Å². The van der Waals surface area contributed by atoms with Crippen molar-refractivity contribution in [1.29, 1.82) is 0 Å². The van der Waals surface area contributed by atoms with Gasteiger partial charge in [0.25, 0.3) is 5.91 Å². The van der Waals surface area contributed by atoms with Crippen LogP contribution in [0.3, 0.4) is 0 Å². The van der Waals surface area contributed by atoms with E-state index < -0.39 is 0 Å². The Labute approximate surface area is 141 Å². The fourth-order valence-corrected chi connectivity index (χ4v) is 2.90. The number of rotatable bonds is 5. The predicted molar refractivity (Wildman–Crippen MR) is 91.3 cm³/mol. The van der Waals surface area contributed by atoms with Gasteiger partial charge >= 0.3 is 0 Å². The molecule has 0 spiro atoms. The molecule has 0 bridgehead atoms. The molecule has 1 aliphatic heterocycles. The fraction of sp³-hybridized carbons (Fsp3) is 0.263. The second kappa shape index (κ2) is 7.17. The number of hydrogen-bond acceptors (Lipinski definition) is 3. The monoisotopic (exact) mass is 324 g/mol. The molecule has 1 saturated heterocycles. The molecule has 2 N–H and O–H groups in total. The molecule has 0 aromatic heterocycles. The zero-order chi connectivity index (χ0) is 16.9. The third-order valence-electron chi connectivity index (χ3n) is 4.27. The average molecular weight is 324 g/mol. The van der Waals surface area contributed by atoms with Crippen molar-refractivity contribution in [2.45, 2.75) is 6.42 Å². The molecule has 1 heterocycles. The number of nitrogens with two attached hydrogens (primary N) is 1. The molecule has 3 rings (SSSR count). The number of likely N-dealkylation sites (tertiary alicyclic amines) is 1. The standard InChI is InChI=1S/C19H20N2O3/c20-19(23)15-10-11-21(12-15)18(22)13-24-17-9-5-4-8-16(17)14-6-2-1-3-7-14/h1-9,15H,10-13H2,(H2,20,23). The van der Waals surface area contributed by atoms with Crippen LogP contribution in [0, 0.1) is 5.92 Å². The van der Waals surface area contributed by atoms with Gasteiger partial charge in [0.2, 0.25) is 5.91 Å². The first-order valence-corrected chi connectivity index (χ1v) is 7.99. The lowest BCUT2D eigenvalue weighted by Crippen LogP contribution is -2.34. The smallest absolute Gasteiger partial charge is 0.260 e. The number of ether oxygens (including phenoxy) is 1. The van der Waals surface area contributed by atoms with Gasteiger partial charge < -0.3 is 15.4 Å². The predicted octanol–water partition coefficient (Wildman–Crippen LogP) is 2.07. The second-order valence-electron chi connectivity index (χ2n) is 5.88. The number of amides is 2. The van der Waals surface area contributed by atoms with Crippen molar-refractivity contribution in [3.8, 4) is 16.9 Å². The summed E-state index contributed by atoms with van der Waals surface area (Å²) in [4.78, 5) is 25.1. The van der Waals surface area contributed by atoms with E-state index in [2.05, 4.69) is 0 Å². The Bertz CT molecular complexity index is 730. The first-order chi connectivity index (χ1) is 11.6. The topological polar surface area (TPSA) is 72.6 Å². The van der Waals surface area contributed by atoms with Gasteiger partial charge in [-0.3, -0.25) is 9.59 Å². The molecule has 24 heavy (non-hydrogen) atoms. The lowest BCUT2D eigenvalue weighted by Gasteiger charge is -2.17. The molecular formula is C19H20N2O3. The summed E-state index contributed by atoms with van der Waals surface area (Å²) in [5, 5.41) is 0. The average Bonchev–Trinajstić information content (AvgIpc) is 3.11. The maximum absolute atomic E-state index is 12.3. The zero-order valence-corrected chi connectivity index (χ0v) is 13.4. The van der Waals surface area contributed by atoms with E-state index in [1.807, 2.05) is 54.6 Å². The molecular weight excluding hydrogens is 304 g/mol. The third-order valence-corrected chi connectivity index (χ3v) is 4.27. The van der Waals surface area contributed by atoms with Gasteiger partial charge in [-0.15, -0.1) is 0 Å². The van der Waals surface area contributed by atoms with Crippen LogP contribution in [-0.4, -0.2) is 36.4 Å². The van der Waals surface area contributed by atoms with Gasteiger partial charge in [0, 0.05) is 18.7 Å². The number of benzene rings is 2. The summed E-state index contributed by atoms with van der Waals surface area (Å²) < 4.78 is 5.75. The van der Waals surface area contributed by atoms with Gasteiger partial charge in [-0.2, -0.15) is 0 Å². The first kappa shape index (κ1) is 16.1. The van der Waals surface area contributed by atoms with Gasteiger partial charge in [-0.05, 0) is 18.1 Å². The summed E-state index contributed by atoms with van der Waals surface area (Å²) in [7, 11) is 0. The van der Waals surface area contributed by atoms with Gasteiger partial charge in [-0.1, -0.05) is 48.5 Å². The van der Waals surface area contributed by atoms with Crippen LogP contribution in [0.1, 0.15) is 6.42 Å². The van der Waals surface area contributed by atoms with E-state index in [1.54, 1.807) is 4.90 Å². The molecule has 5 nitrogen and oxygen atoms in total. The minimum Gasteiger partial charge on any atom is -0.483 e. The summed E-state index contributed by atoms with van der Waals surface area (Å²) in [6.45, 7) is 0.892. The lowest BCUT2D eigenvalue weighted by molar-refractivity contribution is -0.132. The first-order valence-electron chi connectivity index (χ1n) is 7.99. The van der Waals surface area contributed by atoms with Crippen LogP contribution in [0.15, 0.2) is 54.6 Å². The van der Waals surface area contributed by atoms with Crippen molar-refractivity contribution in [3.63, 3.8) is 0 Å². The normalized spacial score (nSPS) is 16.8. The molecule has 1 fully saturated rings. The molecule has 1 atom stereocenters. The molecule has 2 aromatic rings. The zero-order valence-electron chi connectivity index (χ0n) is 13.4. The maximum atomic E-state index is 12.3. The molecule has 0 aliphatic carbocycles. The van der Waals surface area contributed by atoms with Crippen LogP contribution < -0.4 is 10.5 Å². The van der Waals surface area contributed by atoms with Crippen LogP contribution in [0.5, 0.6) is 5.75 Å². The molecule has 0 saturated carbocycles. The van der Waals surface area contributed by atoms with Gasteiger partial charge in [-0.25, -0.2) is 0 Å². The summed E-state index contributed by atoms with van der Waals surface area (Å²) in [5.41, 5.74) is 7.29. The largest absolute Gasteiger partial charge is 0.483 e. The summed E-state index contributed by atoms with van der Waals surface area (Å²) >= 11 is 0. The molecule has 5 heteroatoms. The molecule has 1 unspecified atom stereocenters. The highest BCUT2D eigenvalue weighted by atomic mass is 16.5. The number of carbonyl (C=O) groups is 2. The minimum atomic E-state index is -0.347. The van der Waals surface area contributed by atoms with E-state index >= 15 is 0 Å². The quantitative estimate of drug-likeness (QED) is 0.915. The van der Waals surface area contributed by atoms with Crippen molar-refractivity contribution in [1.82, 2.24) is 4.90 Å². The van der Waals surface area contributed by atoms with Gasteiger partial charge in [0.15, 0.2) is 6.61 Å². The maximum Gasteiger partial charge on any atom is 0.260 e. The summed E-state index contributed by atoms with van der Waals surface area (Å²) in [5.74, 6) is -0.0458.